The predicted octanol–water partition coefficient (Wildman–Crippen LogP) is 3.36. The van der Waals surface area contributed by atoms with Crippen molar-refractivity contribution in [3.05, 3.63) is 75.7 Å². The van der Waals surface area contributed by atoms with Crippen molar-refractivity contribution in [2.45, 2.75) is 19.9 Å². The van der Waals surface area contributed by atoms with Gasteiger partial charge in [0.2, 0.25) is 0 Å². The summed E-state index contributed by atoms with van der Waals surface area (Å²) in [5.74, 6) is -1.58. The number of carbonyl (C=O) groups excluding carboxylic acids is 2. The number of benzene rings is 1. The van der Waals surface area contributed by atoms with Crippen LogP contribution in [0.3, 0.4) is 0 Å². The first kappa shape index (κ1) is 23.5. The predicted molar refractivity (Wildman–Crippen MR) is 132 cm³/mol. The lowest BCUT2D eigenvalue weighted by molar-refractivity contribution is -0.140. The van der Waals surface area contributed by atoms with E-state index in [1.165, 1.54) is 0 Å². The Hall–Kier alpha value is -3.20. The maximum atomic E-state index is 13.4. The zero-order valence-electron chi connectivity index (χ0n) is 19.7. The highest BCUT2D eigenvalue weighted by Gasteiger charge is 2.46. The highest BCUT2D eigenvalue weighted by atomic mass is 35.5. The Morgan fingerprint density at radius 3 is 2.66 bits per heavy atom. The molecule has 5 rings (SSSR count). The number of halogens is 1. The Morgan fingerprint density at radius 1 is 1.14 bits per heavy atom. The fourth-order valence-corrected chi connectivity index (χ4v) is 5.14. The molecule has 1 amide bonds. The van der Waals surface area contributed by atoms with Crippen LogP contribution < -0.4 is 0 Å². The van der Waals surface area contributed by atoms with Crippen molar-refractivity contribution in [3.63, 3.8) is 0 Å². The second kappa shape index (κ2) is 9.45. The maximum absolute atomic E-state index is 13.4. The monoisotopic (exact) mass is 494 g/mol. The molecule has 0 spiro atoms. The third kappa shape index (κ3) is 4.22. The van der Waals surface area contributed by atoms with Crippen molar-refractivity contribution < 1.29 is 19.4 Å². The van der Waals surface area contributed by atoms with E-state index in [4.69, 9.17) is 16.3 Å². The Bertz CT molecular complexity index is 1340. The van der Waals surface area contributed by atoms with E-state index < -0.39 is 17.7 Å². The number of amides is 1. The number of aryl methyl sites for hydroxylation is 2. The number of morpholine rings is 1. The van der Waals surface area contributed by atoms with E-state index in [1.54, 1.807) is 40.6 Å². The summed E-state index contributed by atoms with van der Waals surface area (Å²) >= 11 is 6.29. The summed E-state index contributed by atoms with van der Waals surface area (Å²) in [7, 11) is 0. The number of nitrogens with zero attached hydrogens (tertiary/aromatic N) is 4. The number of fused-ring (bicyclic) bond motifs is 1. The average molecular weight is 495 g/mol. The fraction of sp³-hybridized carbons (Fsp3) is 0.346. The molecule has 1 N–H and O–H groups in total. The third-order valence-electron chi connectivity index (χ3n) is 6.71. The minimum Gasteiger partial charge on any atom is -0.505 e. The molecule has 35 heavy (non-hydrogen) atoms. The molecule has 0 aliphatic carbocycles. The van der Waals surface area contributed by atoms with E-state index >= 15 is 0 Å². The lowest BCUT2D eigenvalue weighted by atomic mass is 9.96. The first-order valence-electron chi connectivity index (χ1n) is 11.7. The molecule has 2 aromatic heterocycles. The summed E-state index contributed by atoms with van der Waals surface area (Å²) in [4.78, 5) is 35.0. The quantitative estimate of drug-likeness (QED) is 0.332. The second-order valence-corrected chi connectivity index (χ2v) is 9.37. The van der Waals surface area contributed by atoms with Gasteiger partial charge in [0.05, 0.1) is 30.5 Å². The lowest BCUT2D eigenvalue weighted by Crippen LogP contribution is -2.42. The number of ketones is 1. The summed E-state index contributed by atoms with van der Waals surface area (Å²) in [6.07, 6.45) is 1.79. The van der Waals surface area contributed by atoms with Crippen LogP contribution in [0.1, 0.15) is 28.6 Å². The molecule has 2 aliphatic heterocycles. The van der Waals surface area contributed by atoms with Crippen LogP contribution in [-0.2, 0) is 14.3 Å². The SMILES string of the molecule is Cc1nc2c(C)cccn2c1/C(O)=C1\C(=O)C(=O)N(CCN2CCOCC2)[C@H]1c1cccc(Cl)c1. The molecular formula is C26H27ClN4O4. The van der Waals surface area contributed by atoms with Crippen molar-refractivity contribution in [2.75, 3.05) is 39.4 Å². The highest BCUT2D eigenvalue weighted by molar-refractivity contribution is 6.46. The van der Waals surface area contributed by atoms with E-state index in [0.717, 1.165) is 18.7 Å². The number of imidazole rings is 1. The van der Waals surface area contributed by atoms with Gasteiger partial charge in [-0.3, -0.25) is 18.9 Å². The Kier molecular flexibility index (Phi) is 6.35. The van der Waals surface area contributed by atoms with Crippen LogP contribution in [0, 0.1) is 13.8 Å². The minimum absolute atomic E-state index is 0.0469. The van der Waals surface area contributed by atoms with Gasteiger partial charge in [-0.05, 0) is 43.2 Å². The first-order valence-corrected chi connectivity index (χ1v) is 12.0. The van der Waals surface area contributed by atoms with Gasteiger partial charge in [-0.2, -0.15) is 0 Å². The molecular weight excluding hydrogens is 468 g/mol. The smallest absolute Gasteiger partial charge is 0.295 e. The number of hydrogen-bond acceptors (Lipinski definition) is 6. The lowest BCUT2D eigenvalue weighted by Gasteiger charge is -2.31. The van der Waals surface area contributed by atoms with Crippen LogP contribution >= 0.6 is 11.6 Å². The van der Waals surface area contributed by atoms with Gasteiger partial charge in [-0.15, -0.1) is 0 Å². The molecule has 2 aliphatic rings. The molecule has 0 bridgehead atoms. The number of rotatable bonds is 5. The summed E-state index contributed by atoms with van der Waals surface area (Å²) in [5.41, 5.74) is 3.32. The van der Waals surface area contributed by atoms with Gasteiger partial charge in [0.25, 0.3) is 11.7 Å². The van der Waals surface area contributed by atoms with E-state index in [0.29, 0.717) is 53.9 Å². The van der Waals surface area contributed by atoms with Crippen molar-refractivity contribution in [2.24, 2.45) is 0 Å². The molecule has 2 saturated heterocycles. The molecule has 8 nitrogen and oxygen atoms in total. The van der Waals surface area contributed by atoms with Gasteiger partial charge in [-0.25, -0.2) is 4.98 Å². The molecule has 9 heteroatoms. The maximum Gasteiger partial charge on any atom is 0.295 e. The van der Waals surface area contributed by atoms with Crippen molar-refractivity contribution in [3.8, 4) is 0 Å². The second-order valence-electron chi connectivity index (χ2n) is 8.93. The molecule has 1 aromatic carbocycles. The molecule has 0 unspecified atom stereocenters. The molecule has 2 fully saturated rings. The van der Waals surface area contributed by atoms with Gasteiger partial charge in [0.15, 0.2) is 5.76 Å². The number of aromatic nitrogens is 2. The minimum atomic E-state index is -0.760. The molecule has 182 valence electrons. The largest absolute Gasteiger partial charge is 0.505 e. The van der Waals surface area contributed by atoms with Crippen LogP contribution in [0.4, 0.5) is 0 Å². The molecule has 1 atom stereocenters. The Labute approximate surface area is 208 Å². The van der Waals surface area contributed by atoms with E-state index in [9.17, 15) is 14.7 Å². The summed E-state index contributed by atoms with van der Waals surface area (Å²) < 4.78 is 7.18. The summed E-state index contributed by atoms with van der Waals surface area (Å²) in [6.45, 7) is 7.48. The zero-order valence-corrected chi connectivity index (χ0v) is 20.5. The van der Waals surface area contributed by atoms with E-state index in [1.807, 2.05) is 25.1 Å². The number of aliphatic hydroxyl groups is 1. The fourth-order valence-electron chi connectivity index (χ4n) is 4.94. The van der Waals surface area contributed by atoms with Crippen LogP contribution in [0.25, 0.3) is 11.4 Å². The van der Waals surface area contributed by atoms with Gasteiger partial charge in [0.1, 0.15) is 11.3 Å². The van der Waals surface area contributed by atoms with Crippen LogP contribution in [-0.4, -0.2) is 75.4 Å². The van der Waals surface area contributed by atoms with Gasteiger partial charge in [0, 0.05) is 37.4 Å². The number of ether oxygens (including phenoxy) is 1. The molecule has 0 radical (unpaired) electrons. The number of pyridine rings is 1. The first-order chi connectivity index (χ1) is 16.9. The van der Waals surface area contributed by atoms with Crippen LogP contribution in [0.15, 0.2) is 48.2 Å². The number of Topliss-reactive ketones (excluding diaryl/α,β-unsaturated/α-hetero) is 1. The third-order valence-corrected chi connectivity index (χ3v) is 6.94. The summed E-state index contributed by atoms with van der Waals surface area (Å²) in [5, 5.41) is 12.1. The standard InChI is InChI=1S/C26H27ClN4O4/c1-16-5-4-8-30-21(17(2)28-25(16)30)23(32)20-22(18-6-3-7-19(27)15-18)31(26(34)24(20)33)10-9-29-11-13-35-14-12-29/h3-8,15,22,32H,9-14H2,1-2H3/b23-20+/t22-/m0/s1. The molecule has 4 heterocycles. The molecule has 3 aromatic rings. The Balaban J connectivity index is 1.63. The number of aliphatic hydroxyl groups excluding tert-OH is 1. The molecule has 0 saturated carbocycles. The van der Waals surface area contributed by atoms with Crippen molar-refractivity contribution in [1.82, 2.24) is 19.2 Å². The van der Waals surface area contributed by atoms with Gasteiger partial charge < -0.3 is 14.7 Å². The van der Waals surface area contributed by atoms with Gasteiger partial charge >= 0.3 is 0 Å². The van der Waals surface area contributed by atoms with Crippen molar-refractivity contribution >= 4 is 34.7 Å². The number of likely N-dealkylation sites (tertiary alicyclic amines) is 1. The average Bonchev–Trinajstić information content (AvgIpc) is 3.32. The van der Waals surface area contributed by atoms with Crippen LogP contribution in [0.2, 0.25) is 5.02 Å². The Morgan fingerprint density at radius 2 is 1.91 bits per heavy atom. The number of carbonyl (C=O) groups is 2. The normalized spacial score (nSPS) is 20.8. The van der Waals surface area contributed by atoms with Gasteiger partial charge in [-0.1, -0.05) is 29.8 Å². The zero-order chi connectivity index (χ0) is 24.7. The van der Waals surface area contributed by atoms with E-state index in [2.05, 4.69) is 9.88 Å². The number of hydrogen-bond donors (Lipinski definition) is 1. The highest BCUT2D eigenvalue weighted by Crippen LogP contribution is 2.40. The topological polar surface area (TPSA) is 87.4 Å². The van der Waals surface area contributed by atoms with E-state index in [-0.39, 0.29) is 11.3 Å². The van der Waals surface area contributed by atoms with Crippen molar-refractivity contribution in [1.29, 1.82) is 0 Å². The van der Waals surface area contributed by atoms with Crippen LogP contribution in [0.5, 0.6) is 0 Å². The summed E-state index contributed by atoms with van der Waals surface area (Å²) in [6, 6.07) is 10.1.